The number of rotatable bonds is 0. The second-order valence-corrected chi connectivity index (χ2v) is 5.65. The number of halogens is 2. The number of hydrogen-bond acceptors (Lipinski definition) is 1. The maximum atomic E-state index is 10.2. The van der Waals surface area contributed by atoms with Gasteiger partial charge in [0.2, 0.25) is 5.56 Å². The summed E-state index contributed by atoms with van der Waals surface area (Å²) in [5.74, 6) is 0. The van der Waals surface area contributed by atoms with Crippen LogP contribution in [0.5, 0.6) is 0 Å². The Bertz CT molecular complexity index is 251. The van der Waals surface area contributed by atoms with Crippen molar-refractivity contribution in [1.29, 1.82) is 0 Å². The van der Waals surface area contributed by atoms with E-state index in [1.807, 2.05) is 0 Å². The molecule has 0 spiro atoms. The van der Waals surface area contributed by atoms with Crippen LogP contribution in [0.3, 0.4) is 0 Å². The second kappa shape index (κ2) is 12.3. The summed E-state index contributed by atoms with van der Waals surface area (Å²) in [6.07, 6.45) is 9.10. The van der Waals surface area contributed by atoms with Crippen molar-refractivity contribution in [3.8, 4) is 0 Å². The molecule has 0 unspecified atom stereocenters. The number of nitrogens with one attached hydrogen (secondary N) is 1. The molecule has 1 fully saturated rings. The molecule has 0 aromatic carbocycles. The van der Waals surface area contributed by atoms with E-state index in [2.05, 4.69) is 4.98 Å². The molecule has 0 saturated heterocycles. The quantitative estimate of drug-likeness (QED) is 0.724. The van der Waals surface area contributed by atoms with Crippen LogP contribution in [0.25, 0.3) is 0 Å². The van der Waals surface area contributed by atoms with Gasteiger partial charge in [-0.1, -0.05) is 38.2 Å². The number of aromatic nitrogens is 1. The minimum atomic E-state index is -0.556. The van der Waals surface area contributed by atoms with Crippen molar-refractivity contribution in [2.75, 3.05) is 0 Å². The Morgan fingerprint density at radius 1 is 1.07 bits per heavy atom. The Labute approximate surface area is 107 Å². The standard InChI is InChI=1S/C5H5NO.C5H10.2ClH.Ti/c7-5-3-1-2-4-6-5;1-2-4-5-3-1;;;/h1-4H,(H,6,7);1-5H2;2*1H;/q;;;;+2/p-2. The first-order valence-corrected chi connectivity index (χ1v) is 9.21. The topological polar surface area (TPSA) is 32.9 Å². The molecule has 0 atom stereocenters. The van der Waals surface area contributed by atoms with Crippen molar-refractivity contribution in [3.05, 3.63) is 34.7 Å². The van der Waals surface area contributed by atoms with Gasteiger partial charge in [0.15, 0.2) is 0 Å². The van der Waals surface area contributed by atoms with Crippen molar-refractivity contribution in [2.45, 2.75) is 32.1 Å². The zero-order valence-electron chi connectivity index (χ0n) is 8.51. The molecule has 1 aliphatic rings. The molecular weight excluding hydrogens is 269 g/mol. The van der Waals surface area contributed by atoms with Gasteiger partial charge in [0.25, 0.3) is 0 Å². The molecule has 0 radical (unpaired) electrons. The predicted octanol–water partition coefficient (Wildman–Crippen LogP) is 3.70. The predicted molar refractivity (Wildman–Crippen MR) is 61.9 cm³/mol. The molecule has 1 N–H and O–H groups in total. The SMILES string of the molecule is C1CCCC1.O=c1cccc[nH]1.[Cl][Ti][Cl]. The average molecular weight is 284 g/mol. The van der Waals surface area contributed by atoms with E-state index < -0.39 is 17.0 Å². The summed E-state index contributed by atoms with van der Waals surface area (Å²) < 4.78 is 0. The van der Waals surface area contributed by atoms with Crippen LogP contribution in [0, 0.1) is 0 Å². The average Bonchev–Trinajstić information content (AvgIpc) is 2.78. The molecule has 0 amide bonds. The van der Waals surface area contributed by atoms with Crippen molar-refractivity contribution in [3.63, 3.8) is 0 Å². The molecule has 2 nitrogen and oxygen atoms in total. The first kappa shape index (κ1) is 15.2. The Balaban J connectivity index is 0.000000216. The van der Waals surface area contributed by atoms with E-state index in [0.29, 0.717) is 0 Å². The van der Waals surface area contributed by atoms with Gasteiger partial charge in [-0.2, -0.15) is 0 Å². The fourth-order valence-corrected chi connectivity index (χ4v) is 1.26. The molecule has 0 aliphatic heterocycles. The zero-order chi connectivity index (χ0) is 11.4. The van der Waals surface area contributed by atoms with Crippen LogP contribution in [-0.2, 0) is 17.0 Å². The van der Waals surface area contributed by atoms with Crippen LogP contribution >= 0.6 is 18.6 Å². The van der Waals surface area contributed by atoms with E-state index in [4.69, 9.17) is 18.6 Å². The van der Waals surface area contributed by atoms with Crippen molar-refractivity contribution in [2.24, 2.45) is 0 Å². The molecule has 15 heavy (non-hydrogen) atoms. The van der Waals surface area contributed by atoms with Gasteiger partial charge in [-0.3, -0.25) is 4.79 Å². The van der Waals surface area contributed by atoms with Crippen molar-refractivity contribution >= 4 is 18.6 Å². The van der Waals surface area contributed by atoms with Gasteiger partial charge >= 0.3 is 35.6 Å². The van der Waals surface area contributed by atoms with E-state index in [-0.39, 0.29) is 5.56 Å². The van der Waals surface area contributed by atoms with Crippen molar-refractivity contribution in [1.82, 2.24) is 4.98 Å². The molecule has 1 heterocycles. The van der Waals surface area contributed by atoms with Gasteiger partial charge in [-0.25, -0.2) is 0 Å². The third-order valence-corrected chi connectivity index (χ3v) is 1.93. The molecule has 2 rings (SSSR count). The number of hydrogen-bond donors (Lipinski definition) is 1. The van der Waals surface area contributed by atoms with Crippen LogP contribution in [0.15, 0.2) is 29.2 Å². The van der Waals surface area contributed by atoms with Gasteiger partial charge in [0.05, 0.1) is 0 Å². The van der Waals surface area contributed by atoms with E-state index >= 15 is 0 Å². The summed E-state index contributed by atoms with van der Waals surface area (Å²) in [4.78, 5) is 12.7. The fraction of sp³-hybridized carbons (Fsp3) is 0.500. The summed E-state index contributed by atoms with van der Waals surface area (Å²) in [5.41, 5.74) is -0.0532. The van der Waals surface area contributed by atoms with E-state index in [0.717, 1.165) is 0 Å². The Hall–Kier alpha value is 0.244. The molecule has 1 aliphatic carbocycles. The maximum absolute atomic E-state index is 10.2. The molecule has 1 saturated carbocycles. The summed E-state index contributed by atoms with van der Waals surface area (Å²) >= 11 is -0.556. The van der Waals surface area contributed by atoms with Crippen LogP contribution in [0.1, 0.15) is 32.1 Å². The first-order chi connectivity index (χ1) is 7.31. The van der Waals surface area contributed by atoms with Crippen LogP contribution in [0.2, 0.25) is 0 Å². The molecule has 1 aromatic rings. The van der Waals surface area contributed by atoms with E-state index in [1.54, 1.807) is 18.3 Å². The summed E-state index contributed by atoms with van der Waals surface area (Å²) in [6, 6.07) is 4.93. The van der Waals surface area contributed by atoms with Gasteiger partial charge in [-0.15, -0.1) is 0 Å². The van der Waals surface area contributed by atoms with Gasteiger partial charge in [-0.05, 0) is 6.07 Å². The third kappa shape index (κ3) is 12.2. The van der Waals surface area contributed by atoms with E-state index in [9.17, 15) is 4.79 Å². The van der Waals surface area contributed by atoms with Gasteiger partial charge in [0, 0.05) is 12.3 Å². The Morgan fingerprint density at radius 3 is 1.73 bits per heavy atom. The minimum absolute atomic E-state index is 0.0532. The monoisotopic (exact) mass is 283 g/mol. The number of aromatic amines is 1. The number of H-pyrrole nitrogens is 1. The van der Waals surface area contributed by atoms with Crippen LogP contribution in [-0.4, -0.2) is 4.98 Å². The molecular formula is C10H15Cl2NOTi. The van der Waals surface area contributed by atoms with E-state index in [1.165, 1.54) is 38.2 Å². The molecule has 0 bridgehead atoms. The van der Waals surface area contributed by atoms with Gasteiger partial charge in [0.1, 0.15) is 0 Å². The fourth-order valence-electron chi connectivity index (χ4n) is 1.26. The van der Waals surface area contributed by atoms with Gasteiger partial charge < -0.3 is 4.98 Å². The first-order valence-electron chi connectivity index (χ1n) is 4.91. The molecule has 5 heteroatoms. The van der Waals surface area contributed by atoms with Crippen LogP contribution in [0.4, 0.5) is 0 Å². The zero-order valence-corrected chi connectivity index (χ0v) is 11.6. The Morgan fingerprint density at radius 2 is 1.53 bits per heavy atom. The summed E-state index contributed by atoms with van der Waals surface area (Å²) in [5, 5.41) is 0. The van der Waals surface area contributed by atoms with Crippen molar-refractivity contribution < 1.29 is 17.0 Å². The third-order valence-electron chi connectivity index (χ3n) is 1.93. The summed E-state index contributed by atoms with van der Waals surface area (Å²) in [6.45, 7) is 0. The number of pyridine rings is 1. The second-order valence-electron chi connectivity index (χ2n) is 3.07. The summed E-state index contributed by atoms with van der Waals surface area (Å²) in [7, 11) is 9.78. The normalized spacial score (nSPS) is 12.9. The molecule has 1 aromatic heterocycles. The Kier molecular flexibility index (Phi) is 12.5. The van der Waals surface area contributed by atoms with Crippen LogP contribution < -0.4 is 5.56 Å². The molecule has 84 valence electrons.